The number of hydrogen-bond donors (Lipinski definition) is 2. The molecule has 0 saturated heterocycles. The Bertz CT molecular complexity index is 677. The predicted octanol–water partition coefficient (Wildman–Crippen LogP) is 0.328. The molecule has 1 saturated carbocycles. The molecule has 1 aromatic carbocycles. The molecule has 0 spiro atoms. The van der Waals surface area contributed by atoms with Crippen molar-refractivity contribution in [2.24, 2.45) is 0 Å². The molecule has 1 aliphatic carbocycles. The Hall–Kier alpha value is -2.77. The molecular weight excluding hydrogens is 286 g/mol. The molecule has 22 heavy (non-hydrogen) atoms. The highest BCUT2D eigenvalue weighted by atomic mass is 16.4. The molecule has 0 unspecified atom stereocenters. The monoisotopic (exact) mass is 301 g/mol. The van der Waals surface area contributed by atoms with E-state index in [9.17, 15) is 14.7 Å². The number of aromatic nitrogens is 4. The minimum Gasteiger partial charge on any atom is -0.480 e. The zero-order chi connectivity index (χ0) is 15.6. The normalized spacial score (nSPS) is 15.8. The van der Waals surface area contributed by atoms with Crippen LogP contribution in [-0.4, -0.2) is 42.7 Å². The highest BCUT2D eigenvalue weighted by Crippen LogP contribution is 2.32. The summed E-state index contributed by atoms with van der Waals surface area (Å²) >= 11 is 0. The summed E-state index contributed by atoms with van der Waals surface area (Å²) in [6, 6.07) is 7.19. The van der Waals surface area contributed by atoms with E-state index in [1.807, 2.05) is 0 Å². The highest BCUT2D eigenvalue weighted by molar-refractivity contribution is 5.88. The molecule has 8 heteroatoms. The standard InChI is InChI=1S/C14H15N5O3/c20-12(16-14(13(21)22)6-1-7-14)8-10-2-4-11(5-3-10)19-9-15-17-18-19/h2-5,9H,1,6-8H2,(H,16,20)(H,21,22). The lowest BCUT2D eigenvalue weighted by Gasteiger charge is -2.38. The molecule has 3 rings (SSSR count). The van der Waals surface area contributed by atoms with Crippen molar-refractivity contribution in [1.82, 2.24) is 25.5 Å². The molecule has 8 nitrogen and oxygen atoms in total. The molecule has 0 radical (unpaired) electrons. The number of nitrogens with one attached hydrogen (secondary N) is 1. The van der Waals surface area contributed by atoms with Crippen LogP contribution in [0.5, 0.6) is 0 Å². The third-order valence-electron chi connectivity index (χ3n) is 3.91. The molecule has 2 aromatic rings. The van der Waals surface area contributed by atoms with Crippen LogP contribution in [0.4, 0.5) is 0 Å². The number of carbonyl (C=O) groups excluding carboxylic acids is 1. The van der Waals surface area contributed by atoms with E-state index >= 15 is 0 Å². The van der Waals surface area contributed by atoms with E-state index in [2.05, 4.69) is 20.8 Å². The third kappa shape index (κ3) is 2.67. The van der Waals surface area contributed by atoms with Gasteiger partial charge in [-0.15, -0.1) is 5.10 Å². The third-order valence-corrected chi connectivity index (χ3v) is 3.91. The summed E-state index contributed by atoms with van der Waals surface area (Å²) in [4.78, 5) is 23.3. The Morgan fingerprint density at radius 1 is 1.27 bits per heavy atom. The number of carbonyl (C=O) groups is 2. The average molecular weight is 301 g/mol. The molecule has 0 aliphatic heterocycles. The van der Waals surface area contributed by atoms with Crippen LogP contribution in [0.3, 0.4) is 0 Å². The first-order chi connectivity index (χ1) is 10.6. The van der Waals surface area contributed by atoms with E-state index in [0.29, 0.717) is 12.8 Å². The largest absolute Gasteiger partial charge is 0.480 e. The predicted molar refractivity (Wildman–Crippen MR) is 75.2 cm³/mol. The first-order valence-corrected chi connectivity index (χ1v) is 6.96. The number of hydrogen-bond acceptors (Lipinski definition) is 5. The quantitative estimate of drug-likeness (QED) is 0.823. The lowest BCUT2D eigenvalue weighted by molar-refractivity contribution is -0.151. The SMILES string of the molecule is O=C(Cc1ccc(-n2cnnn2)cc1)NC1(C(=O)O)CCC1. The van der Waals surface area contributed by atoms with Gasteiger partial charge in [0.2, 0.25) is 5.91 Å². The molecule has 1 aromatic heterocycles. The lowest BCUT2D eigenvalue weighted by Crippen LogP contribution is -2.59. The topological polar surface area (TPSA) is 110 Å². The van der Waals surface area contributed by atoms with Gasteiger partial charge in [0.25, 0.3) is 0 Å². The van der Waals surface area contributed by atoms with Gasteiger partial charge in [0, 0.05) is 0 Å². The maximum Gasteiger partial charge on any atom is 0.329 e. The fraction of sp³-hybridized carbons (Fsp3) is 0.357. The summed E-state index contributed by atoms with van der Waals surface area (Å²) in [7, 11) is 0. The van der Waals surface area contributed by atoms with Crippen LogP contribution in [0.1, 0.15) is 24.8 Å². The van der Waals surface area contributed by atoms with Crippen LogP contribution in [0.15, 0.2) is 30.6 Å². The van der Waals surface area contributed by atoms with E-state index in [1.54, 1.807) is 24.3 Å². The van der Waals surface area contributed by atoms with Crippen LogP contribution in [0.25, 0.3) is 5.69 Å². The first-order valence-electron chi connectivity index (χ1n) is 6.96. The second-order valence-corrected chi connectivity index (χ2v) is 5.39. The number of tetrazole rings is 1. The lowest BCUT2D eigenvalue weighted by atomic mass is 9.76. The van der Waals surface area contributed by atoms with Crippen molar-refractivity contribution in [3.63, 3.8) is 0 Å². The van der Waals surface area contributed by atoms with Crippen LogP contribution in [-0.2, 0) is 16.0 Å². The molecule has 1 heterocycles. The van der Waals surface area contributed by atoms with Crippen molar-refractivity contribution >= 4 is 11.9 Å². The summed E-state index contributed by atoms with van der Waals surface area (Å²) in [5, 5.41) is 22.7. The highest BCUT2D eigenvalue weighted by Gasteiger charge is 2.45. The average Bonchev–Trinajstić information content (AvgIpc) is 2.97. The molecule has 1 aliphatic rings. The Balaban J connectivity index is 1.63. The van der Waals surface area contributed by atoms with Crippen LogP contribution in [0.2, 0.25) is 0 Å². The minimum absolute atomic E-state index is 0.144. The maximum absolute atomic E-state index is 12.0. The fourth-order valence-electron chi connectivity index (χ4n) is 2.47. The van der Waals surface area contributed by atoms with E-state index in [4.69, 9.17) is 0 Å². The number of rotatable bonds is 5. The van der Waals surface area contributed by atoms with Gasteiger partial charge in [-0.05, 0) is 47.4 Å². The summed E-state index contributed by atoms with van der Waals surface area (Å²) in [5.74, 6) is -1.24. The zero-order valence-corrected chi connectivity index (χ0v) is 11.8. The van der Waals surface area contributed by atoms with E-state index in [-0.39, 0.29) is 12.3 Å². The van der Waals surface area contributed by atoms with Gasteiger partial charge in [0.1, 0.15) is 11.9 Å². The molecular formula is C14H15N5O3. The maximum atomic E-state index is 12.0. The number of aliphatic carboxylic acids is 1. The molecule has 1 amide bonds. The molecule has 1 fully saturated rings. The number of carboxylic acids is 1. The van der Waals surface area contributed by atoms with E-state index < -0.39 is 11.5 Å². The summed E-state index contributed by atoms with van der Waals surface area (Å²) in [6.07, 6.45) is 3.44. The summed E-state index contributed by atoms with van der Waals surface area (Å²) in [5.41, 5.74) is 0.521. The second-order valence-electron chi connectivity index (χ2n) is 5.39. The molecule has 0 atom stereocenters. The molecule has 2 N–H and O–H groups in total. The minimum atomic E-state index is -1.07. The van der Waals surface area contributed by atoms with Crippen molar-refractivity contribution < 1.29 is 14.7 Å². The second kappa shape index (κ2) is 5.55. The van der Waals surface area contributed by atoms with E-state index in [0.717, 1.165) is 17.7 Å². The van der Waals surface area contributed by atoms with Gasteiger partial charge in [0.15, 0.2) is 0 Å². The van der Waals surface area contributed by atoms with Crippen LogP contribution >= 0.6 is 0 Å². The Morgan fingerprint density at radius 3 is 2.50 bits per heavy atom. The zero-order valence-electron chi connectivity index (χ0n) is 11.8. The molecule has 114 valence electrons. The van der Waals surface area contributed by atoms with Crippen molar-refractivity contribution in [1.29, 1.82) is 0 Å². The van der Waals surface area contributed by atoms with Gasteiger partial charge in [0.05, 0.1) is 12.1 Å². The van der Waals surface area contributed by atoms with Crippen molar-refractivity contribution in [3.8, 4) is 5.69 Å². The van der Waals surface area contributed by atoms with Crippen molar-refractivity contribution in [3.05, 3.63) is 36.2 Å². The van der Waals surface area contributed by atoms with Gasteiger partial charge < -0.3 is 10.4 Å². The Morgan fingerprint density at radius 2 is 2.00 bits per heavy atom. The van der Waals surface area contributed by atoms with Gasteiger partial charge >= 0.3 is 5.97 Å². The number of carboxylic acid groups (broad SMARTS) is 1. The van der Waals surface area contributed by atoms with Crippen molar-refractivity contribution in [2.45, 2.75) is 31.2 Å². The Labute approximate surface area is 126 Å². The van der Waals surface area contributed by atoms with Crippen LogP contribution < -0.4 is 5.32 Å². The van der Waals surface area contributed by atoms with Gasteiger partial charge in [-0.25, -0.2) is 9.48 Å². The first kappa shape index (κ1) is 14.2. The number of benzene rings is 1. The van der Waals surface area contributed by atoms with Gasteiger partial charge in [-0.1, -0.05) is 12.1 Å². The molecule has 0 bridgehead atoms. The summed E-state index contributed by atoms with van der Waals surface area (Å²) < 4.78 is 1.51. The van der Waals surface area contributed by atoms with Gasteiger partial charge in [-0.3, -0.25) is 4.79 Å². The van der Waals surface area contributed by atoms with Crippen molar-refractivity contribution in [2.75, 3.05) is 0 Å². The van der Waals surface area contributed by atoms with Gasteiger partial charge in [-0.2, -0.15) is 0 Å². The number of nitrogens with zero attached hydrogens (tertiary/aromatic N) is 4. The van der Waals surface area contributed by atoms with Crippen LogP contribution in [0, 0.1) is 0 Å². The summed E-state index contributed by atoms with van der Waals surface area (Å²) in [6.45, 7) is 0. The van der Waals surface area contributed by atoms with E-state index in [1.165, 1.54) is 11.0 Å². The fourth-order valence-corrected chi connectivity index (χ4v) is 2.47. The smallest absolute Gasteiger partial charge is 0.329 e. The number of amides is 1. The Kier molecular flexibility index (Phi) is 3.58.